The van der Waals surface area contributed by atoms with E-state index in [1.165, 1.54) is 0 Å². The molecule has 2 aromatic rings. The number of anilines is 1. The van der Waals surface area contributed by atoms with E-state index in [0.29, 0.717) is 5.95 Å². The van der Waals surface area contributed by atoms with Gasteiger partial charge in [-0.05, 0) is 18.2 Å². The molecule has 0 aliphatic heterocycles. The molecule has 0 unspecified atom stereocenters. The van der Waals surface area contributed by atoms with E-state index >= 15 is 0 Å². The topological polar surface area (TPSA) is 85.2 Å². The summed E-state index contributed by atoms with van der Waals surface area (Å²) < 4.78 is 10.5. The van der Waals surface area contributed by atoms with Crippen LogP contribution in [0.25, 0.3) is 11.3 Å². The number of nitrogens with one attached hydrogen (secondary N) is 2. The number of nitrogens with two attached hydrogens (primary N) is 1. The van der Waals surface area contributed by atoms with Crippen LogP contribution in [-0.4, -0.2) is 24.2 Å². The first-order valence-corrected chi connectivity index (χ1v) is 5.02. The number of benzene rings is 1. The Morgan fingerprint density at radius 2 is 2.12 bits per heavy atom. The summed E-state index contributed by atoms with van der Waals surface area (Å²) >= 11 is 0. The number of nitrogen functional groups attached to an aromatic ring is 1. The third-order valence-electron chi connectivity index (χ3n) is 2.41. The molecule has 0 aliphatic carbocycles. The number of ether oxygens (including phenoxy) is 2. The maximum Gasteiger partial charge on any atom is 0.215 e. The van der Waals surface area contributed by atoms with E-state index in [1.807, 2.05) is 18.2 Å². The number of H-pyrrole nitrogens is 1. The molecule has 0 radical (unpaired) electrons. The lowest BCUT2D eigenvalue weighted by Gasteiger charge is -2.08. The normalized spacial score (nSPS) is 10.1. The van der Waals surface area contributed by atoms with Crippen LogP contribution in [0.15, 0.2) is 24.4 Å². The van der Waals surface area contributed by atoms with Gasteiger partial charge in [-0.1, -0.05) is 0 Å². The van der Waals surface area contributed by atoms with Gasteiger partial charge in [-0.3, -0.25) is 5.43 Å². The molecule has 6 nitrogen and oxygen atoms in total. The van der Waals surface area contributed by atoms with Gasteiger partial charge in [-0.2, -0.15) is 0 Å². The van der Waals surface area contributed by atoms with Crippen molar-refractivity contribution in [2.24, 2.45) is 5.84 Å². The molecule has 6 heteroatoms. The second-order valence-electron chi connectivity index (χ2n) is 3.36. The number of imidazole rings is 1. The van der Waals surface area contributed by atoms with Gasteiger partial charge in [-0.15, -0.1) is 0 Å². The Hall–Kier alpha value is -2.21. The Balaban J connectivity index is 2.47. The van der Waals surface area contributed by atoms with E-state index in [2.05, 4.69) is 15.4 Å². The summed E-state index contributed by atoms with van der Waals surface area (Å²) in [5.41, 5.74) is 4.11. The predicted molar refractivity (Wildman–Crippen MR) is 64.9 cm³/mol. The molecule has 1 aromatic heterocycles. The number of rotatable bonds is 4. The highest BCUT2D eigenvalue weighted by molar-refractivity contribution is 5.69. The first-order valence-electron chi connectivity index (χ1n) is 5.02. The maximum atomic E-state index is 5.29. The van der Waals surface area contributed by atoms with Crippen LogP contribution < -0.4 is 20.7 Å². The second-order valence-corrected chi connectivity index (χ2v) is 3.36. The van der Waals surface area contributed by atoms with Gasteiger partial charge in [0.15, 0.2) is 0 Å². The molecule has 0 bridgehead atoms. The zero-order valence-electron chi connectivity index (χ0n) is 9.65. The first kappa shape index (κ1) is 11.3. The largest absolute Gasteiger partial charge is 0.497 e. The van der Waals surface area contributed by atoms with Gasteiger partial charge < -0.3 is 14.5 Å². The number of methoxy groups -OCH3 is 2. The third kappa shape index (κ3) is 2.16. The van der Waals surface area contributed by atoms with Gasteiger partial charge in [0.05, 0.1) is 26.1 Å². The maximum absolute atomic E-state index is 5.29. The highest BCUT2D eigenvalue weighted by Gasteiger charge is 2.10. The van der Waals surface area contributed by atoms with Gasteiger partial charge in [0, 0.05) is 5.56 Å². The van der Waals surface area contributed by atoms with Crippen LogP contribution >= 0.6 is 0 Å². The van der Waals surface area contributed by atoms with Crippen molar-refractivity contribution < 1.29 is 9.47 Å². The van der Waals surface area contributed by atoms with E-state index in [0.717, 1.165) is 22.8 Å². The number of aromatic nitrogens is 2. The molecule has 2 rings (SSSR count). The summed E-state index contributed by atoms with van der Waals surface area (Å²) in [7, 11) is 3.23. The van der Waals surface area contributed by atoms with Gasteiger partial charge in [0.25, 0.3) is 0 Å². The lowest BCUT2D eigenvalue weighted by Crippen LogP contribution is -2.07. The van der Waals surface area contributed by atoms with Crippen LogP contribution in [0.2, 0.25) is 0 Å². The number of hydrogen-bond donors (Lipinski definition) is 3. The molecule has 17 heavy (non-hydrogen) atoms. The van der Waals surface area contributed by atoms with Crippen LogP contribution in [0.3, 0.4) is 0 Å². The number of hydrazine groups is 1. The smallest absolute Gasteiger partial charge is 0.215 e. The molecular weight excluding hydrogens is 220 g/mol. The van der Waals surface area contributed by atoms with Gasteiger partial charge >= 0.3 is 0 Å². The summed E-state index contributed by atoms with van der Waals surface area (Å²) in [6.45, 7) is 0. The Kier molecular flexibility index (Phi) is 3.15. The molecule has 0 atom stereocenters. The lowest BCUT2D eigenvalue weighted by atomic mass is 10.1. The summed E-state index contributed by atoms with van der Waals surface area (Å²) in [4.78, 5) is 7.08. The molecule has 0 saturated carbocycles. The van der Waals surface area contributed by atoms with Crippen LogP contribution in [0.1, 0.15) is 0 Å². The monoisotopic (exact) mass is 234 g/mol. The summed E-state index contributed by atoms with van der Waals surface area (Å²) in [5.74, 6) is 7.24. The lowest BCUT2D eigenvalue weighted by molar-refractivity contribution is 0.404. The van der Waals surface area contributed by atoms with Crippen LogP contribution in [0.5, 0.6) is 11.5 Å². The fourth-order valence-electron chi connectivity index (χ4n) is 1.56. The van der Waals surface area contributed by atoms with Crippen molar-refractivity contribution in [1.29, 1.82) is 0 Å². The average molecular weight is 234 g/mol. The minimum atomic E-state index is 0.491. The van der Waals surface area contributed by atoms with E-state index in [-0.39, 0.29) is 0 Å². The van der Waals surface area contributed by atoms with Gasteiger partial charge in [0.1, 0.15) is 11.5 Å². The molecule has 0 saturated heterocycles. The molecule has 0 spiro atoms. The van der Waals surface area contributed by atoms with Crippen molar-refractivity contribution in [3.63, 3.8) is 0 Å². The minimum absolute atomic E-state index is 0.491. The Bertz CT molecular complexity index is 510. The van der Waals surface area contributed by atoms with Crippen molar-refractivity contribution in [2.45, 2.75) is 0 Å². The van der Waals surface area contributed by atoms with Crippen LogP contribution in [0.4, 0.5) is 5.95 Å². The number of hydrogen-bond acceptors (Lipinski definition) is 5. The number of aromatic amines is 1. The zero-order chi connectivity index (χ0) is 12.3. The van der Waals surface area contributed by atoms with Gasteiger partial charge in [0.2, 0.25) is 5.95 Å². The Labute approximate surface area is 98.7 Å². The molecule has 4 N–H and O–H groups in total. The van der Waals surface area contributed by atoms with E-state index in [1.54, 1.807) is 20.4 Å². The van der Waals surface area contributed by atoms with E-state index in [9.17, 15) is 0 Å². The van der Waals surface area contributed by atoms with Crippen molar-refractivity contribution in [3.8, 4) is 22.8 Å². The van der Waals surface area contributed by atoms with Crippen LogP contribution in [-0.2, 0) is 0 Å². The fourth-order valence-corrected chi connectivity index (χ4v) is 1.56. The van der Waals surface area contributed by atoms with Crippen molar-refractivity contribution in [1.82, 2.24) is 9.97 Å². The molecule has 0 fully saturated rings. The van der Waals surface area contributed by atoms with Crippen molar-refractivity contribution >= 4 is 5.95 Å². The van der Waals surface area contributed by atoms with Crippen LogP contribution in [0, 0.1) is 0 Å². The quantitative estimate of drug-likeness (QED) is 0.549. The third-order valence-corrected chi connectivity index (χ3v) is 2.41. The first-order chi connectivity index (χ1) is 8.28. The average Bonchev–Trinajstić information content (AvgIpc) is 2.86. The summed E-state index contributed by atoms with van der Waals surface area (Å²) in [6.07, 6.45) is 1.67. The molecule has 0 aliphatic rings. The highest BCUT2D eigenvalue weighted by Crippen LogP contribution is 2.32. The van der Waals surface area contributed by atoms with Crippen molar-refractivity contribution in [2.75, 3.05) is 19.6 Å². The van der Waals surface area contributed by atoms with E-state index in [4.69, 9.17) is 15.3 Å². The summed E-state index contributed by atoms with van der Waals surface area (Å²) in [6, 6.07) is 5.54. The molecule has 1 heterocycles. The second kappa shape index (κ2) is 4.75. The zero-order valence-corrected chi connectivity index (χ0v) is 9.65. The molecule has 1 aromatic carbocycles. The molecule has 0 amide bonds. The van der Waals surface area contributed by atoms with Crippen molar-refractivity contribution in [3.05, 3.63) is 24.4 Å². The SMILES string of the molecule is COc1ccc(OC)c(-c2cnc(NN)[nH]2)c1. The fraction of sp³-hybridized carbons (Fsp3) is 0.182. The molecular formula is C11H14N4O2. The minimum Gasteiger partial charge on any atom is -0.497 e. The number of nitrogens with zero attached hydrogens (tertiary/aromatic N) is 1. The molecule has 90 valence electrons. The summed E-state index contributed by atoms with van der Waals surface area (Å²) in [5, 5.41) is 0. The van der Waals surface area contributed by atoms with Gasteiger partial charge in [-0.25, -0.2) is 10.8 Å². The standard InChI is InChI=1S/C11H14N4O2/c1-16-7-3-4-10(17-2)8(5-7)9-6-13-11(14-9)15-12/h3-6H,12H2,1-2H3,(H2,13,14,15). The Morgan fingerprint density at radius 1 is 1.29 bits per heavy atom. The Morgan fingerprint density at radius 3 is 2.71 bits per heavy atom. The predicted octanol–water partition coefficient (Wildman–Crippen LogP) is 1.38. The van der Waals surface area contributed by atoms with E-state index < -0.39 is 0 Å². The highest BCUT2D eigenvalue weighted by atomic mass is 16.5.